The topological polar surface area (TPSA) is 94.9 Å². The maximum absolute atomic E-state index is 10.3. The summed E-state index contributed by atoms with van der Waals surface area (Å²) in [4.78, 5) is 16.2. The van der Waals surface area contributed by atoms with Gasteiger partial charge in [-0.2, -0.15) is 9.97 Å². The van der Waals surface area contributed by atoms with E-state index in [0.29, 0.717) is 0 Å². The van der Waals surface area contributed by atoms with Gasteiger partial charge in [0.2, 0.25) is 16.3 Å². The molecule has 1 aromatic rings. The standard InChI is InChI=1S/C4H2Cl2N4O2/c5-2-1(10(11)12)3(6)9-4(7)8-2/h(H2,7,8,9). The van der Waals surface area contributed by atoms with E-state index in [2.05, 4.69) is 9.97 Å². The Labute approximate surface area is 76.5 Å². The summed E-state index contributed by atoms with van der Waals surface area (Å²) >= 11 is 10.7. The maximum Gasteiger partial charge on any atom is 0.343 e. The molecule has 1 rings (SSSR count). The lowest BCUT2D eigenvalue weighted by molar-refractivity contribution is -0.385. The van der Waals surface area contributed by atoms with E-state index < -0.39 is 10.6 Å². The van der Waals surface area contributed by atoms with E-state index in [4.69, 9.17) is 28.9 Å². The highest BCUT2D eigenvalue weighted by atomic mass is 35.5. The fraction of sp³-hybridized carbons (Fsp3) is 0. The van der Waals surface area contributed by atoms with E-state index in [1.807, 2.05) is 0 Å². The fourth-order valence-corrected chi connectivity index (χ4v) is 1.11. The molecule has 0 aliphatic rings. The number of nitrogens with zero attached hydrogens (tertiary/aromatic N) is 3. The zero-order valence-electron chi connectivity index (χ0n) is 5.49. The Bertz CT molecular complexity index is 319. The van der Waals surface area contributed by atoms with Gasteiger partial charge in [-0.25, -0.2) is 0 Å². The molecule has 0 aliphatic carbocycles. The summed E-state index contributed by atoms with van der Waals surface area (Å²) in [6, 6.07) is 0. The highest BCUT2D eigenvalue weighted by molar-refractivity contribution is 6.36. The zero-order chi connectivity index (χ0) is 9.30. The second kappa shape index (κ2) is 3.08. The number of anilines is 1. The molecular formula is C4H2Cl2N4O2. The molecular weight excluding hydrogens is 207 g/mol. The summed E-state index contributed by atoms with van der Waals surface area (Å²) in [6.07, 6.45) is 0. The highest BCUT2D eigenvalue weighted by Gasteiger charge is 2.21. The van der Waals surface area contributed by atoms with Crippen LogP contribution in [0, 0.1) is 10.1 Å². The molecule has 0 radical (unpaired) electrons. The number of hydrogen-bond acceptors (Lipinski definition) is 5. The first-order valence-corrected chi connectivity index (χ1v) is 3.41. The van der Waals surface area contributed by atoms with Gasteiger partial charge >= 0.3 is 5.69 Å². The van der Waals surface area contributed by atoms with Crippen LogP contribution in [0.2, 0.25) is 10.3 Å². The van der Waals surface area contributed by atoms with Crippen LogP contribution in [0.3, 0.4) is 0 Å². The average Bonchev–Trinajstić information content (AvgIpc) is 1.82. The molecule has 1 heterocycles. The summed E-state index contributed by atoms with van der Waals surface area (Å²) in [5.74, 6) is -0.199. The van der Waals surface area contributed by atoms with E-state index in [1.165, 1.54) is 0 Å². The highest BCUT2D eigenvalue weighted by Crippen LogP contribution is 2.29. The molecule has 0 saturated carbocycles. The molecule has 8 heteroatoms. The first-order valence-electron chi connectivity index (χ1n) is 2.65. The summed E-state index contributed by atoms with van der Waals surface area (Å²) in [5, 5.41) is 9.54. The minimum Gasteiger partial charge on any atom is -0.368 e. The SMILES string of the molecule is Nc1nc(Cl)c([N+](=O)[O-])c(Cl)n1. The molecule has 0 aliphatic heterocycles. The van der Waals surface area contributed by atoms with Crippen LogP contribution in [0.1, 0.15) is 0 Å². The average molecular weight is 209 g/mol. The predicted molar refractivity (Wildman–Crippen MR) is 43.1 cm³/mol. The van der Waals surface area contributed by atoms with Crippen LogP contribution < -0.4 is 5.73 Å². The van der Waals surface area contributed by atoms with Crippen LogP contribution in [-0.4, -0.2) is 14.9 Å². The lowest BCUT2D eigenvalue weighted by Gasteiger charge is -1.96. The van der Waals surface area contributed by atoms with Gasteiger partial charge in [0.15, 0.2) is 0 Å². The van der Waals surface area contributed by atoms with Crippen LogP contribution in [0.15, 0.2) is 0 Å². The van der Waals surface area contributed by atoms with Gasteiger partial charge in [0, 0.05) is 0 Å². The molecule has 0 bridgehead atoms. The van der Waals surface area contributed by atoms with Gasteiger partial charge in [0.1, 0.15) is 0 Å². The fourth-order valence-electron chi connectivity index (χ4n) is 0.568. The number of rotatable bonds is 1. The van der Waals surface area contributed by atoms with Crippen molar-refractivity contribution in [3.63, 3.8) is 0 Å². The van der Waals surface area contributed by atoms with Crippen molar-refractivity contribution in [2.24, 2.45) is 0 Å². The van der Waals surface area contributed by atoms with Gasteiger partial charge in [-0.05, 0) is 0 Å². The minimum absolute atomic E-state index is 0.199. The van der Waals surface area contributed by atoms with Crippen molar-refractivity contribution in [2.75, 3.05) is 5.73 Å². The normalized spacial score (nSPS) is 9.83. The van der Waals surface area contributed by atoms with Gasteiger partial charge in [0.25, 0.3) is 0 Å². The Morgan fingerprint density at radius 2 is 1.75 bits per heavy atom. The van der Waals surface area contributed by atoms with Gasteiger partial charge in [-0.3, -0.25) is 10.1 Å². The van der Waals surface area contributed by atoms with Crippen molar-refractivity contribution in [3.05, 3.63) is 20.4 Å². The zero-order valence-corrected chi connectivity index (χ0v) is 7.00. The molecule has 64 valence electrons. The molecule has 2 N–H and O–H groups in total. The van der Waals surface area contributed by atoms with Crippen LogP contribution in [0.4, 0.5) is 11.6 Å². The third kappa shape index (κ3) is 1.54. The molecule has 12 heavy (non-hydrogen) atoms. The quantitative estimate of drug-likeness (QED) is 0.426. The van der Waals surface area contributed by atoms with Gasteiger partial charge in [0.05, 0.1) is 4.92 Å². The van der Waals surface area contributed by atoms with Crippen LogP contribution in [-0.2, 0) is 0 Å². The molecule has 0 spiro atoms. The smallest absolute Gasteiger partial charge is 0.343 e. The molecule has 0 atom stereocenters. The van der Waals surface area contributed by atoms with Crippen molar-refractivity contribution >= 4 is 34.8 Å². The number of nitro groups is 1. The maximum atomic E-state index is 10.3. The van der Waals surface area contributed by atoms with Crippen LogP contribution in [0.25, 0.3) is 0 Å². The van der Waals surface area contributed by atoms with Crippen molar-refractivity contribution in [1.29, 1.82) is 0 Å². The third-order valence-corrected chi connectivity index (χ3v) is 1.53. The molecule has 0 fully saturated rings. The molecule has 1 aromatic heterocycles. The van der Waals surface area contributed by atoms with E-state index in [1.54, 1.807) is 0 Å². The van der Waals surface area contributed by atoms with Crippen molar-refractivity contribution in [2.45, 2.75) is 0 Å². The van der Waals surface area contributed by atoms with E-state index in [9.17, 15) is 10.1 Å². The second-order valence-corrected chi connectivity index (χ2v) is 2.49. The third-order valence-electron chi connectivity index (χ3n) is 0.999. The molecule has 0 amide bonds. The molecule has 0 aromatic carbocycles. The van der Waals surface area contributed by atoms with Gasteiger partial charge < -0.3 is 5.73 Å². The van der Waals surface area contributed by atoms with Crippen LogP contribution >= 0.6 is 23.2 Å². The monoisotopic (exact) mass is 208 g/mol. The lowest BCUT2D eigenvalue weighted by atomic mass is 10.5. The first-order chi connectivity index (χ1) is 5.52. The number of aromatic nitrogens is 2. The van der Waals surface area contributed by atoms with Crippen molar-refractivity contribution in [3.8, 4) is 0 Å². The Kier molecular flexibility index (Phi) is 2.30. The van der Waals surface area contributed by atoms with E-state index in [-0.39, 0.29) is 16.3 Å². The molecule has 0 saturated heterocycles. The first kappa shape index (κ1) is 8.95. The Balaban J connectivity index is 3.38. The number of nitrogens with two attached hydrogens (primary N) is 1. The Morgan fingerprint density at radius 1 is 1.33 bits per heavy atom. The number of halogens is 2. The van der Waals surface area contributed by atoms with E-state index >= 15 is 0 Å². The molecule has 0 unspecified atom stereocenters. The summed E-state index contributed by atoms with van der Waals surface area (Å²) in [5.41, 5.74) is 4.58. The van der Waals surface area contributed by atoms with Gasteiger partial charge in [-0.1, -0.05) is 23.2 Å². The summed E-state index contributed by atoms with van der Waals surface area (Å²) in [6.45, 7) is 0. The Hall–Kier alpha value is -1.14. The van der Waals surface area contributed by atoms with Gasteiger partial charge in [-0.15, -0.1) is 0 Å². The predicted octanol–water partition coefficient (Wildman–Crippen LogP) is 1.27. The summed E-state index contributed by atoms with van der Waals surface area (Å²) in [7, 11) is 0. The Morgan fingerprint density at radius 3 is 2.08 bits per heavy atom. The second-order valence-electron chi connectivity index (χ2n) is 1.77. The van der Waals surface area contributed by atoms with Crippen molar-refractivity contribution in [1.82, 2.24) is 9.97 Å². The lowest BCUT2D eigenvalue weighted by Crippen LogP contribution is -2.00. The largest absolute Gasteiger partial charge is 0.368 e. The number of nitrogen functional groups attached to an aromatic ring is 1. The minimum atomic E-state index is -0.774. The van der Waals surface area contributed by atoms with Crippen molar-refractivity contribution < 1.29 is 4.92 Å². The van der Waals surface area contributed by atoms with E-state index in [0.717, 1.165) is 0 Å². The molecule has 6 nitrogen and oxygen atoms in total. The van der Waals surface area contributed by atoms with Crippen LogP contribution in [0.5, 0.6) is 0 Å². The number of hydrogen-bond donors (Lipinski definition) is 1. The summed E-state index contributed by atoms with van der Waals surface area (Å²) < 4.78 is 0.